The highest BCUT2D eigenvalue weighted by molar-refractivity contribution is 7.19. The molecular formula is C13H12N2O5S. The van der Waals surface area contributed by atoms with Crippen molar-refractivity contribution in [2.75, 3.05) is 0 Å². The van der Waals surface area contributed by atoms with Crippen molar-refractivity contribution in [3.05, 3.63) is 26.9 Å². The summed E-state index contributed by atoms with van der Waals surface area (Å²) in [6, 6.07) is 1.84. The number of imide groups is 1. The maximum atomic E-state index is 12.2. The SMILES string of the molecule is Cn1c(=O)c(C(=O)NC(=O)O)c(O)c2sc(C3CC3)cc21. The van der Waals surface area contributed by atoms with Gasteiger partial charge >= 0.3 is 6.09 Å². The molecule has 1 fully saturated rings. The topological polar surface area (TPSA) is 109 Å². The third kappa shape index (κ3) is 2.17. The number of nitrogens with zero attached hydrogens (tertiary/aromatic N) is 1. The van der Waals surface area contributed by atoms with E-state index in [0.717, 1.165) is 17.7 Å². The van der Waals surface area contributed by atoms with Crippen LogP contribution in [0.1, 0.15) is 34.0 Å². The summed E-state index contributed by atoms with van der Waals surface area (Å²) in [4.78, 5) is 35.6. The van der Waals surface area contributed by atoms with Gasteiger partial charge in [-0.15, -0.1) is 11.3 Å². The van der Waals surface area contributed by atoms with E-state index < -0.39 is 28.9 Å². The molecule has 3 rings (SSSR count). The van der Waals surface area contributed by atoms with Crippen LogP contribution in [0.2, 0.25) is 0 Å². The van der Waals surface area contributed by atoms with Crippen LogP contribution in [0.5, 0.6) is 5.75 Å². The molecule has 0 aliphatic heterocycles. The van der Waals surface area contributed by atoms with Crippen LogP contribution < -0.4 is 10.9 Å². The van der Waals surface area contributed by atoms with Gasteiger partial charge in [-0.3, -0.25) is 14.9 Å². The van der Waals surface area contributed by atoms with Gasteiger partial charge in [-0.1, -0.05) is 0 Å². The smallest absolute Gasteiger partial charge is 0.411 e. The van der Waals surface area contributed by atoms with E-state index in [9.17, 15) is 19.5 Å². The van der Waals surface area contributed by atoms with Gasteiger partial charge < -0.3 is 14.8 Å². The zero-order valence-electron chi connectivity index (χ0n) is 11.0. The van der Waals surface area contributed by atoms with Crippen molar-refractivity contribution in [2.24, 2.45) is 7.05 Å². The second kappa shape index (κ2) is 4.59. The van der Waals surface area contributed by atoms with Crippen LogP contribution in [0.3, 0.4) is 0 Å². The Balaban J connectivity index is 2.23. The number of hydrogen-bond donors (Lipinski definition) is 3. The third-order valence-corrected chi connectivity index (χ3v) is 4.78. The number of carboxylic acid groups (broad SMARTS) is 1. The van der Waals surface area contributed by atoms with Gasteiger partial charge in [-0.2, -0.15) is 0 Å². The number of carbonyl (C=O) groups excluding carboxylic acids is 1. The summed E-state index contributed by atoms with van der Waals surface area (Å²) >= 11 is 1.33. The van der Waals surface area contributed by atoms with Crippen LogP contribution in [0, 0.1) is 0 Å². The first-order valence-corrected chi connectivity index (χ1v) is 7.11. The van der Waals surface area contributed by atoms with E-state index in [-0.39, 0.29) is 0 Å². The largest absolute Gasteiger partial charge is 0.505 e. The predicted octanol–water partition coefficient (Wildman–Crippen LogP) is 1.59. The summed E-state index contributed by atoms with van der Waals surface area (Å²) in [5, 5.41) is 20.4. The van der Waals surface area contributed by atoms with Crippen LogP contribution in [0.4, 0.5) is 4.79 Å². The van der Waals surface area contributed by atoms with E-state index >= 15 is 0 Å². The zero-order valence-corrected chi connectivity index (χ0v) is 11.9. The summed E-state index contributed by atoms with van der Waals surface area (Å²) in [7, 11) is 1.49. The van der Waals surface area contributed by atoms with Crippen molar-refractivity contribution < 1.29 is 19.8 Å². The first-order valence-electron chi connectivity index (χ1n) is 6.29. The monoisotopic (exact) mass is 308 g/mol. The predicted molar refractivity (Wildman–Crippen MR) is 76.2 cm³/mol. The van der Waals surface area contributed by atoms with Crippen LogP contribution >= 0.6 is 11.3 Å². The molecule has 1 aliphatic rings. The van der Waals surface area contributed by atoms with Gasteiger partial charge in [0.1, 0.15) is 5.56 Å². The van der Waals surface area contributed by atoms with Crippen LogP contribution in [0.15, 0.2) is 10.9 Å². The lowest BCUT2D eigenvalue weighted by molar-refractivity contribution is 0.0944. The Bertz CT molecular complexity index is 831. The summed E-state index contributed by atoms with van der Waals surface area (Å²) in [5.41, 5.74) is -0.716. The number of pyridine rings is 1. The first-order chi connectivity index (χ1) is 9.90. The lowest BCUT2D eigenvalue weighted by atomic mass is 10.2. The van der Waals surface area contributed by atoms with E-state index in [1.807, 2.05) is 6.07 Å². The number of thiophene rings is 1. The van der Waals surface area contributed by atoms with E-state index in [2.05, 4.69) is 0 Å². The molecule has 110 valence electrons. The molecular weight excluding hydrogens is 296 g/mol. The Morgan fingerprint density at radius 3 is 2.67 bits per heavy atom. The highest BCUT2D eigenvalue weighted by atomic mass is 32.1. The fourth-order valence-electron chi connectivity index (χ4n) is 2.24. The normalized spacial score (nSPS) is 14.3. The molecule has 2 amide bonds. The Labute approximate surface area is 122 Å². The molecule has 7 nitrogen and oxygen atoms in total. The minimum absolute atomic E-state index is 0.425. The average Bonchev–Trinajstić information content (AvgIpc) is 3.14. The molecule has 2 aromatic heterocycles. The van der Waals surface area contributed by atoms with Gasteiger partial charge in [0.05, 0.1) is 10.2 Å². The number of aryl methyl sites for hydroxylation is 1. The maximum Gasteiger partial charge on any atom is 0.411 e. The molecule has 2 aromatic rings. The molecule has 0 unspecified atom stereocenters. The van der Waals surface area contributed by atoms with Gasteiger partial charge in [0.2, 0.25) is 0 Å². The molecule has 3 N–H and O–H groups in total. The Hall–Kier alpha value is -2.35. The minimum Gasteiger partial charge on any atom is -0.505 e. The number of aromatic nitrogens is 1. The van der Waals surface area contributed by atoms with Crippen molar-refractivity contribution >= 4 is 33.6 Å². The van der Waals surface area contributed by atoms with E-state index in [1.54, 1.807) is 5.32 Å². The molecule has 0 radical (unpaired) electrons. The fourth-order valence-corrected chi connectivity index (χ4v) is 3.55. The van der Waals surface area contributed by atoms with Crippen LogP contribution in [-0.2, 0) is 7.05 Å². The highest BCUT2D eigenvalue weighted by Crippen LogP contribution is 2.46. The maximum absolute atomic E-state index is 12.2. The summed E-state index contributed by atoms with van der Waals surface area (Å²) in [5.74, 6) is -1.12. The number of carbonyl (C=O) groups is 2. The molecule has 8 heteroatoms. The number of nitrogens with one attached hydrogen (secondary N) is 1. The second-order valence-electron chi connectivity index (χ2n) is 4.98. The Morgan fingerprint density at radius 2 is 2.10 bits per heavy atom. The van der Waals surface area contributed by atoms with Gasteiger partial charge in [-0.25, -0.2) is 4.79 Å². The van der Waals surface area contributed by atoms with Crippen LogP contribution in [-0.4, -0.2) is 26.8 Å². The van der Waals surface area contributed by atoms with Gasteiger partial charge in [0, 0.05) is 11.9 Å². The van der Waals surface area contributed by atoms with Crippen molar-refractivity contribution in [3.63, 3.8) is 0 Å². The zero-order chi connectivity index (χ0) is 15.3. The molecule has 0 saturated heterocycles. The molecule has 0 aromatic carbocycles. The van der Waals surface area contributed by atoms with E-state index in [1.165, 1.54) is 23.0 Å². The van der Waals surface area contributed by atoms with E-state index in [4.69, 9.17) is 5.11 Å². The van der Waals surface area contributed by atoms with Crippen LogP contribution in [0.25, 0.3) is 10.2 Å². The first kappa shape index (κ1) is 13.6. The lowest BCUT2D eigenvalue weighted by Crippen LogP contribution is -2.35. The van der Waals surface area contributed by atoms with Gasteiger partial charge in [-0.05, 0) is 24.8 Å². The van der Waals surface area contributed by atoms with Crippen molar-refractivity contribution in [3.8, 4) is 5.75 Å². The standard InChI is InChI=1S/C13H12N2O5S/c1-15-6-4-7(5-2-3-5)21-10(6)9(16)8(12(15)18)11(17)14-13(19)20/h4-5,16H,2-3H2,1H3,(H,14,17)(H,19,20). The molecule has 1 aliphatic carbocycles. The molecule has 0 bridgehead atoms. The fraction of sp³-hybridized carbons (Fsp3) is 0.308. The number of hydrogen-bond acceptors (Lipinski definition) is 5. The van der Waals surface area contributed by atoms with E-state index in [0.29, 0.717) is 16.1 Å². The lowest BCUT2D eigenvalue weighted by Gasteiger charge is -2.07. The van der Waals surface area contributed by atoms with Gasteiger partial charge in [0.15, 0.2) is 5.75 Å². The summed E-state index contributed by atoms with van der Waals surface area (Å²) < 4.78 is 1.68. The molecule has 1 saturated carbocycles. The third-order valence-electron chi connectivity index (χ3n) is 3.49. The molecule has 2 heterocycles. The molecule has 21 heavy (non-hydrogen) atoms. The molecule has 0 spiro atoms. The summed E-state index contributed by atoms with van der Waals surface area (Å²) in [6.07, 6.45) is 0.577. The van der Waals surface area contributed by atoms with Crippen molar-refractivity contribution in [1.29, 1.82) is 0 Å². The van der Waals surface area contributed by atoms with Crippen molar-refractivity contribution in [2.45, 2.75) is 18.8 Å². The number of fused-ring (bicyclic) bond motifs is 1. The van der Waals surface area contributed by atoms with Gasteiger partial charge in [0.25, 0.3) is 11.5 Å². The Kier molecular flexibility index (Phi) is 2.98. The number of amides is 2. The minimum atomic E-state index is -1.58. The molecule has 0 atom stereocenters. The van der Waals surface area contributed by atoms with Crippen molar-refractivity contribution in [1.82, 2.24) is 9.88 Å². The second-order valence-corrected chi connectivity index (χ2v) is 6.07. The quantitative estimate of drug-likeness (QED) is 0.780. The number of aromatic hydroxyl groups is 1. The summed E-state index contributed by atoms with van der Waals surface area (Å²) in [6.45, 7) is 0. The number of rotatable bonds is 2. The average molecular weight is 308 g/mol. The Morgan fingerprint density at radius 1 is 1.43 bits per heavy atom. The highest BCUT2D eigenvalue weighted by Gasteiger charge is 2.29.